The van der Waals surface area contributed by atoms with E-state index in [1.165, 1.54) is 18.4 Å². The number of nitrogens with zero attached hydrogens (tertiary/aromatic N) is 2. The Morgan fingerprint density at radius 2 is 1.77 bits per heavy atom. The lowest BCUT2D eigenvalue weighted by Gasteiger charge is -2.15. The zero-order chi connectivity index (χ0) is 18.7. The first-order valence-electron chi connectivity index (χ1n) is 7.63. The summed E-state index contributed by atoms with van der Waals surface area (Å²) in [6, 6.07) is 9.32. The molecule has 0 radical (unpaired) electrons. The van der Waals surface area contributed by atoms with E-state index in [1.54, 1.807) is 36.4 Å². The first-order chi connectivity index (χ1) is 12.5. The predicted molar refractivity (Wildman–Crippen MR) is 93.6 cm³/mol. The number of thiophene rings is 1. The molecule has 0 atom stereocenters. The maximum Gasteiger partial charge on any atom is 0.335 e. The summed E-state index contributed by atoms with van der Waals surface area (Å²) in [7, 11) is 1.52. The third-order valence-corrected chi connectivity index (χ3v) is 4.57. The number of urea groups is 1. The molecule has 26 heavy (non-hydrogen) atoms. The highest BCUT2D eigenvalue weighted by Gasteiger charge is 2.45. The average Bonchev–Trinajstić information content (AvgIpc) is 3.22. The highest BCUT2D eigenvalue weighted by atomic mass is 32.1. The highest BCUT2D eigenvalue weighted by molar-refractivity contribution is 7.09. The van der Waals surface area contributed by atoms with Gasteiger partial charge in [-0.3, -0.25) is 19.3 Å². The van der Waals surface area contributed by atoms with E-state index in [0.717, 1.165) is 9.78 Å². The summed E-state index contributed by atoms with van der Waals surface area (Å²) in [6.07, 6.45) is 0. The van der Waals surface area contributed by atoms with Gasteiger partial charge in [0, 0.05) is 10.6 Å². The number of imide groups is 2. The van der Waals surface area contributed by atoms with Gasteiger partial charge in [0.2, 0.25) is 5.91 Å². The Labute approximate surface area is 153 Å². The van der Waals surface area contributed by atoms with Gasteiger partial charge in [-0.15, -0.1) is 11.3 Å². The van der Waals surface area contributed by atoms with E-state index in [9.17, 15) is 19.2 Å². The molecule has 9 heteroatoms. The number of hydrogen-bond acceptors (Lipinski definition) is 6. The van der Waals surface area contributed by atoms with Crippen LogP contribution in [0.4, 0.5) is 10.5 Å². The van der Waals surface area contributed by atoms with Gasteiger partial charge in [-0.25, -0.2) is 9.69 Å². The molecule has 1 aromatic heterocycles. The molecule has 2 aromatic rings. The van der Waals surface area contributed by atoms with Gasteiger partial charge >= 0.3 is 17.8 Å². The molecule has 0 bridgehead atoms. The fourth-order valence-corrected chi connectivity index (χ4v) is 3.10. The molecule has 2 heterocycles. The zero-order valence-electron chi connectivity index (χ0n) is 13.8. The van der Waals surface area contributed by atoms with Crippen LogP contribution >= 0.6 is 11.3 Å². The standard InChI is InChI=1S/C17H15N3O5S/c1-25-12-6-4-11(5-7-12)18-14(21)10-20-16(23)15(22)19(17(20)24)9-13-3-2-8-26-13/h2-8H,9-10H2,1H3,(H,18,21). The van der Waals surface area contributed by atoms with Crippen molar-refractivity contribution in [3.8, 4) is 5.75 Å². The van der Waals surface area contributed by atoms with Crippen molar-refractivity contribution < 1.29 is 23.9 Å². The van der Waals surface area contributed by atoms with Crippen molar-refractivity contribution in [2.75, 3.05) is 19.0 Å². The largest absolute Gasteiger partial charge is 0.497 e. The summed E-state index contributed by atoms with van der Waals surface area (Å²) in [5.74, 6) is -1.89. The lowest BCUT2D eigenvalue weighted by atomic mass is 10.3. The molecule has 1 aliphatic heterocycles. The number of benzene rings is 1. The van der Waals surface area contributed by atoms with Crippen LogP contribution in [0.3, 0.4) is 0 Å². The van der Waals surface area contributed by atoms with Crippen LogP contribution in [0, 0.1) is 0 Å². The van der Waals surface area contributed by atoms with Crippen LogP contribution in [0.15, 0.2) is 41.8 Å². The number of carbonyl (C=O) groups is 4. The van der Waals surface area contributed by atoms with Gasteiger partial charge in [-0.2, -0.15) is 0 Å². The van der Waals surface area contributed by atoms with Crippen LogP contribution < -0.4 is 10.1 Å². The lowest BCUT2D eigenvalue weighted by Crippen LogP contribution is -2.38. The molecule has 5 amide bonds. The fourth-order valence-electron chi connectivity index (χ4n) is 2.41. The Morgan fingerprint density at radius 3 is 2.38 bits per heavy atom. The molecule has 1 fully saturated rings. The number of hydrogen-bond donors (Lipinski definition) is 1. The highest BCUT2D eigenvalue weighted by Crippen LogP contribution is 2.19. The number of anilines is 1. The second kappa shape index (κ2) is 7.36. The minimum Gasteiger partial charge on any atom is -0.497 e. The third-order valence-electron chi connectivity index (χ3n) is 3.70. The number of nitrogens with one attached hydrogen (secondary N) is 1. The van der Waals surface area contributed by atoms with Crippen LogP contribution in [-0.2, 0) is 20.9 Å². The molecular weight excluding hydrogens is 358 g/mol. The van der Waals surface area contributed by atoms with Gasteiger partial charge in [0.05, 0.1) is 13.7 Å². The first kappa shape index (κ1) is 17.6. The van der Waals surface area contributed by atoms with E-state index in [-0.39, 0.29) is 6.54 Å². The molecule has 0 aliphatic carbocycles. The minimum absolute atomic E-state index is 0.0116. The maximum absolute atomic E-state index is 12.3. The zero-order valence-corrected chi connectivity index (χ0v) is 14.6. The van der Waals surface area contributed by atoms with Crippen molar-refractivity contribution >= 4 is 40.8 Å². The molecule has 1 aromatic carbocycles. The maximum atomic E-state index is 12.3. The van der Waals surface area contributed by atoms with Crippen molar-refractivity contribution in [1.82, 2.24) is 9.80 Å². The van der Waals surface area contributed by atoms with Crippen molar-refractivity contribution in [2.24, 2.45) is 0 Å². The van der Waals surface area contributed by atoms with Crippen molar-refractivity contribution in [2.45, 2.75) is 6.54 Å². The molecule has 0 unspecified atom stereocenters. The Kier molecular flexibility index (Phi) is 4.99. The van der Waals surface area contributed by atoms with Gasteiger partial charge in [0.15, 0.2) is 0 Å². The summed E-state index contributed by atoms with van der Waals surface area (Å²) in [6.45, 7) is -0.520. The summed E-state index contributed by atoms with van der Waals surface area (Å²) in [4.78, 5) is 50.8. The summed E-state index contributed by atoms with van der Waals surface area (Å²) in [5, 5.41) is 4.38. The van der Waals surface area contributed by atoms with Gasteiger partial charge < -0.3 is 10.1 Å². The Morgan fingerprint density at radius 1 is 1.08 bits per heavy atom. The number of amides is 5. The van der Waals surface area contributed by atoms with Crippen molar-refractivity contribution in [1.29, 1.82) is 0 Å². The number of methoxy groups -OCH3 is 1. The van der Waals surface area contributed by atoms with Crippen LogP contribution in [-0.4, -0.2) is 47.2 Å². The van der Waals surface area contributed by atoms with Gasteiger partial charge in [0.25, 0.3) is 0 Å². The van der Waals surface area contributed by atoms with Crippen LogP contribution in [0.25, 0.3) is 0 Å². The van der Waals surface area contributed by atoms with Crippen LogP contribution in [0.2, 0.25) is 0 Å². The van der Waals surface area contributed by atoms with E-state index >= 15 is 0 Å². The SMILES string of the molecule is COc1ccc(NC(=O)CN2C(=O)C(=O)N(Cc3cccs3)C2=O)cc1. The minimum atomic E-state index is -1.00. The second-order valence-corrected chi connectivity index (χ2v) is 6.45. The number of rotatable bonds is 6. The molecule has 1 N–H and O–H groups in total. The Balaban J connectivity index is 1.64. The van der Waals surface area contributed by atoms with Crippen molar-refractivity contribution in [3.05, 3.63) is 46.7 Å². The van der Waals surface area contributed by atoms with Gasteiger partial charge in [-0.05, 0) is 35.7 Å². The van der Waals surface area contributed by atoms with Crippen LogP contribution in [0.5, 0.6) is 5.75 Å². The summed E-state index contributed by atoms with van der Waals surface area (Å²) < 4.78 is 5.02. The molecule has 3 rings (SSSR count). The quantitative estimate of drug-likeness (QED) is 0.614. The molecule has 1 saturated heterocycles. The number of carbonyl (C=O) groups excluding carboxylic acids is 4. The molecule has 1 aliphatic rings. The number of ether oxygens (including phenoxy) is 1. The van der Waals surface area contributed by atoms with Crippen molar-refractivity contribution in [3.63, 3.8) is 0 Å². The molecule has 0 saturated carbocycles. The van der Waals surface area contributed by atoms with Crippen LogP contribution in [0.1, 0.15) is 4.88 Å². The van der Waals surface area contributed by atoms with E-state index in [2.05, 4.69) is 5.32 Å². The lowest BCUT2D eigenvalue weighted by molar-refractivity contribution is -0.143. The molecular formula is C17H15N3O5S. The van der Waals surface area contributed by atoms with Gasteiger partial charge in [0.1, 0.15) is 12.3 Å². The Hall–Kier alpha value is -3.20. The fraction of sp³-hybridized carbons (Fsp3) is 0.176. The molecule has 8 nitrogen and oxygen atoms in total. The predicted octanol–water partition coefficient (Wildman–Crippen LogP) is 1.69. The van der Waals surface area contributed by atoms with E-state index in [1.807, 2.05) is 5.38 Å². The molecule has 0 spiro atoms. The topological polar surface area (TPSA) is 96.0 Å². The second-order valence-electron chi connectivity index (χ2n) is 5.42. The Bertz CT molecular complexity index is 848. The monoisotopic (exact) mass is 373 g/mol. The smallest absolute Gasteiger partial charge is 0.335 e. The summed E-state index contributed by atoms with van der Waals surface area (Å²) in [5.41, 5.74) is 0.483. The average molecular weight is 373 g/mol. The van der Waals surface area contributed by atoms with E-state index in [0.29, 0.717) is 16.3 Å². The first-order valence-corrected chi connectivity index (χ1v) is 8.51. The molecule has 134 valence electrons. The van der Waals surface area contributed by atoms with E-state index in [4.69, 9.17) is 4.74 Å². The third kappa shape index (κ3) is 3.57. The normalized spacial score (nSPS) is 14.1. The van der Waals surface area contributed by atoms with E-state index < -0.39 is 30.3 Å². The van der Waals surface area contributed by atoms with Gasteiger partial charge in [-0.1, -0.05) is 6.07 Å². The summed E-state index contributed by atoms with van der Waals surface area (Å²) >= 11 is 1.37.